The summed E-state index contributed by atoms with van der Waals surface area (Å²) in [4.78, 5) is 0. The number of hydrogen-bond donors (Lipinski definition) is 1. The molecule has 0 aliphatic carbocycles. The van der Waals surface area contributed by atoms with Gasteiger partial charge in [-0.05, 0) is 46.3 Å². The lowest BCUT2D eigenvalue weighted by atomic mass is 10.2. The van der Waals surface area contributed by atoms with Crippen LogP contribution in [-0.2, 0) is 0 Å². The minimum absolute atomic E-state index is 0.0000950. The number of halogens is 3. The fourth-order valence-corrected chi connectivity index (χ4v) is 2.22. The third-order valence-corrected chi connectivity index (χ3v) is 3.63. The molecular formula is C13H7Br2FN2O. The third-order valence-electron chi connectivity index (χ3n) is 2.36. The summed E-state index contributed by atoms with van der Waals surface area (Å²) in [6.45, 7) is 0. The molecule has 0 fully saturated rings. The molecule has 0 heterocycles. The number of anilines is 1. The molecule has 2 N–H and O–H groups in total. The first-order chi connectivity index (χ1) is 9.02. The van der Waals surface area contributed by atoms with Gasteiger partial charge in [-0.1, -0.05) is 15.9 Å². The second kappa shape index (κ2) is 5.59. The number of nitriles is 1. The van der Waals surface area contributed by atoms with E-state index in [1.165, 1.54) is 12.1 Å². The van der Waals surface area contributed by atoms with Crippen molar-refractivity contribution >= 4 is 37.5 Å². The lowest BCUT2D eigenvalue weighted by Gasteiger charge is -2.10. The minimum Gasteiger partial charge on any atom is -0.452 e. The van der Waals surface area contributed by atoms with E-state index in [1.54, 1.807) is 18.2 Å². The van der Waals surface area contributed by atoms with Crippen LogP contribution in [-0.4, -0.2) is 0 Å². The van der Waals surface area contributed by atoms with E-state index in [0.717, 1.165) is 4.47 Å². The van der Waals surface area contributed by atoms with Gasteiger partial charge in [0.2, 0.25) is 0 Å². The normalized spacial score (nSPS) is 10.0. The molecule has 0 saturated heterocycles. The van der Waals surface area contributed by atoms with Crippen molar-refractivity contribution in [2.75, 3.05) is 5.73 Å². The molecule has 0 amide bonds. The van der Waals surface area contributed by atoms with Crippen LogP contribution in [0.15, 0.2) is 39.3 Å². The topological polar surface area (TPSA) is 59.0 Å². The highest BCUT2D eigenvalue weighted by Gasteiger charge is 2.13. The number of rotatable bonds is 2. The van der Waals surface area contributed by atoms with Crippen molar-refractivity contribution in [1.82, 2.24) is 0 Å². The Kier molecular flexibility index (Phi) is 4.08. The Hall–Kier alpha value is -1.58. The number of nitrogen functional groups attached to an aromatic ring is 1. The largest absolute Gasteiger partial charge is 0.452 e. The quantitative estimate of drug-likeness (QED) is 0.768. The van der Waals surface area contributed by atoms with Gasteiger partial charge in [0.1, 0.15) is 6.07 Å². The van der Waals surface area contributed by atoms with E-state index in [9.17, 15) is 4.39 Å². The summed E-state index contributed by atoms with van der Waals surface area (Å²) in [7, 11) is 0. The van der Waals surface area contributed by atoms with Crippen LogP contribution >= 0.6 is 31.9 Å². The van der Waals surface area contributed by atoms with Crippen molar-refractivity contribution < 1.29 is 9.13 Å². The van der Waals surface area contributed by atoms with Gasteiger partial charge < -0.3 is 10.5 Å². The van der Waals surface area contributed by atoms with Crippen LogP contribution in [0, 0.1) is 17.1 Å². The van der Waals surface area contributed by atoms with Crippen LogP contribution in [0.5, 0.6) is 11.5 Å². The Morgan fingerprint density at radius 1 is 1.16 bits per heavy atom. The van der Waals surface area contributed by atoms with Gasteiger partial charge in [-0.3, -0.25) is 0 Å². The Labute approximate surface area is 126 Å². The van der Waals surface area contributed by atoms with Gasteiger partial charge in [-0.15, -0.1) is 0 Å². The molecule has 3 nitrogen and oxygen atoms in total. The fourth-order valence-electron chi connectivity index (χ4n) is 1.43. The maximum absolute atomic E-state index is 14.0. The SMILES string of the molecule is N#Cc1ccc(Oc2ccc(Br)cc2N)c(F)c1Br. The second-order valence-corrected chi connectivity index (χ2v) is 5.34. The monoisotopic (exact) mass is 384 g/mol. The van der Waals surface area contributed by atoms with Crippen molar-refractivity contribution in [3.8, 4) is 17.6 Å². The van der Waals surface area contributed by atoms with E-state index >= 15 is 0 Å². The molecule has 0 unspecified atom stereocenters. The molecule has 19 heavy (non-hydrogen) atoms. The summed E-state index contributed by atoms with van der Waals surface area (Å²) in [5.74, 6) is -0.292. The Morgan fingerprint density at radius 3 is 2.47 bits per heavy atom. The van der Waals surface area contributed by atoms with Gasteiger partial charge in [0.25, 0.3) is 0 Å². The molecule has 96 valence electrons. The maximum atomic E-state index is 14.0. The Bertz CT molecular complexity index is 683. The van der Waals surface area contributed by atoms with E-state index in [0.29, 0.717) is 11.4 Å². The number of nitrogens with two attached hydrogens (primary N) is 1. The molecule has 6 heteroatoms. The van der Waals surface area contributed by atoms with Crippen LogP contribution < -0.4 is 10.5 Å². The maximum Gasteiger partial charge on any atom is 0.181 e. The molecule has 0 aliphatic heterocycles. The van der Waals surface area contributed by atoms with Crippen LogP contribution in [0.25, 0.3) is 0 Å². The van der Waals surface area contributed by atoms with Gasteiger partial charge in [-0.2, -0.15) is 5.26 Å². The molecule has 2 aromatic carbocycles. The molecule has 0 saturated carbocycles. The summed E-state index contributed by atoms with van der Waals surface area (Å²) in [5.41, 5.74) is 6.36. The van der Waals surface area contributed by atoms with Crippen molar-refractivity contribution in [2.24, 2.45) is 0 Å². The Balaban J connectivity index is 2.39. The first kappa shape index (κ1) is 13.8. The summed E-state index contributed by atoms with van der Waals surface area (Å²) < 4.78 is 20.3. The standard InChI is InChI=1S/C13H7Br2FN2O/c14-8-2-4-10(9(18)5-8)19-11-3-1-7(6-17)12(15)13(11)16/h1-5H,18H2. The Morgan fingerprint density at radius 2 is 1.84 bits per heavy atom. The lowest BCUT2D eigenvalue weighted by molar-refractivity contribution is 0.442. The molecule has 0 aromatic heterocycles. The van der Waals surface area contributed by atoms with E-state index in [4.69, 9.17) is 15.7 Å². The van der Waals surface area contributed by atoms with Gasteiger partial charge in [-0.25, -0.2) is 4.39 Å². The zero-order valence-corrected chi connectivity index (χ0v) is 12.6. The predicted octanol–water partition coefficient (Wildman–Crippen LogP) is 4.60. The molecule has 0 spiro atoms. The second-order valence-electron chi connectivity index (χ2n) is 3.64. The van der Waals surface area contributed by atoms with E-state index < -0.39 is 5.82 Å². The number of nitrogens with zero attached hydrogens (tertiary/aromatic N) is 1. The average molecular weight is 386 g/mol. The van der Waals surface area contributed by atoms with E-state index in [-0.39, 0.29) is 15.8 Å². The minimum atomic E-state index is -0.638. The molecule has 2 aromatic rings. The van der Waals surface area contributed by atoms with E-state index in [1.807, 2.05) is 6.07 Å². The van der Waals surface area contributed by atoms with Crippen molar-refractivity contribution in [3.63, 3.8) is 0 Å². The average Bonchev–Trinajstić information content (AvgIpc) is 2.38. The molecule has 0 aliphatic rings. The van der Waals surface area contributed by atoms with Crippen molar-refractivity contribution in [1.29, 1.82) is 5.26 Å². The smallest absolute Gasteiger partial charge is 0.181 e. The van der Waals surface area contributed by atoms with Crippen LogP contribution in [0.3, 0.4) is 0 Å². The van der Waals surface area contributed by atoms with Crippen LogP contribution in [0.1, 0.15) is 5.56 Å². The summed E-state index contributed by atoms with van der Waals surface area (Å²) in [6.07, 6.45) is 0. The highest BCUT2D eigenvalue weighted by Crippen LogP contribution is 2.34. The highest BCUT2D eigenvalue weighted by molar-refractivity contribution is 9.10. The van der Waals surface area contributed by atoms with E-state index in [2.05, 4.69) is 31.9 Å². The number of hydrogen-bond acceptors (Lipinski definition) is 3. The van der Waals surface area contributed by atoms with Gasteiger partial charge in [0, 0.05) is 4.47 Å². The lowest BCUT2D eigenvalue weighted by Crippen LogP contribution is -1.95. The van der Waals surface area contributed by atoms with Crippen LogP contribution in [0.2, 0.25) is 0 Å². The summed E-state index contributed by atoms with van der Waals surface area (Å²) in [5, 5.41) is 8.79. The molecule has 0 bridgehead atoms. The molecule has 0 radical (unpaired) electrons. The number of ether oxygens (including phenoxy) is 1. The molecule has 2 rings (SSSR count). The van der Waals surface area contributed by atoms with Gasteiger partial charge in [0.15, 0.2) is 17.3 Å². The highest BCUT2D eigenvalue weighted by atomic mass is 79.9. The first-order valence-corrected chi connectivity index (χ1v) is 6.72. The summed E-state index contributed by atoms with van der Waals surface area (Å²) in [6, 6.07) is 9.76. The zero-order valence-electron chi connectivity index (χ0n) is 9.45. The first-order valence-electron chi connectivity index (χ1n) is 5.14. The van der Waals surface area contributed by atoms with Gasteiger partial charge in [0.05, 0.1) is 15.7 Å². The summed E-state index contributed by atoms with van der Waals surface area (Å²) >= 11 is 6.29. The van der Waals surface area contributed by atoms with Crippen molar-refractivity contribution in [2.45, 2.75) is 0 Å². The number of benzene rings is 2. The zero-order chi connectivity index (χ0) is 14.0. The van der Waals surface area contributed by atoms with Crippen LogP contribution in [0.4, 0.5) is 10.1 Å². The third kappa shape index (κ3) is 2.88. The van der Waals surface area contributed by atoms with Crippen molar-refractivity contribution in [3.05, 3.63) is 50.7 Å². The predicted molar refractivity (Wildman–Crippen MR) is 77.4 cm³/mol. The molecule has 0 atom stereocenters. The van der Waals surface area contributed by atoms with Gasteiger partial charge >= 0.3 is 0 Å². The fraction of sp³-hybridized carbons (Fsp3) is 0. The molecular weight excluding hydrogens is 379 g/mol.